The van der Waals surface area contributed by atoms with Crippen LogP contribution in [0.3, 0.4) is 0 Å². The fourth-order valence-corrected chi connectivity index (χ4v) is 2.36. The molecule has 1 aromatic rings. The molecule has 1 rings (SSSR count). The monoisotopic (exact) mass is 336 g/mol. The van der Waals surface area contributed by atoms with E-state index >= 15 is 0 Å². The number of hydrogen-bond donors (Lipinski definition) is 0. The average Bonchev–Trinajstić information content (AvgIpc) is 2.91. The molecule has 0 radical (unpaired) electrons. The summed E-state index contributed by atoms with van der Waals surface area (Å²) in [6, 6.07) is 3.30. The zero-order chi connectivity index (χ0) is 17.6. The van der Waals surface area contributed by atoms with Gasteiger partial charge in [-0.25, -0.2) is 0 Å². The Labute approximate surface area is 142 Å². The maximum absolute atomic E-state index is 12.2. The van der Waals surface area contributed by atoms with Crippen LogP contribution in [0, 0.1) is 5.41 Å². The molecular formula is C18H24O4S. The molecule has 0 saturated carbocycles. The minimum absolute atomic E-state index is 0.0512. The van der Waals surface area contributed by atoms with Gasteiger partial charge in [0.25, 0.3) is 0 Å². The molecule has 5 heteroatoms. The van der Waals surface area contributed by atoms with Crippen molar-refractivity contribution in [3.05, 3.63) is 42.1 Å². The van der Waals surface area contributed by atoms with Gasteiger partial charge in [-0.15, -0.1) is 6.58 Å². The molecule has 0 fully saturated rings. The first-order valence-corrected chi connectivity index (χ1v) is 8.66. The van der Waals surface area contributed by atoms with Crippen LogP contribution in [0.15, 0.2) is 35.0 Å². The number of Topliss-reactive ketones (excluding diaryl/α,β-unsaturated/α-hetero) is 1. The van der Waals surface area contributed by atoms with Gasteiger partial charge in [-0.05, 0) is 45.6 Å². The highest BCUT2D eigenvalue weighted by atomic mass is 32.2. The second-order valence-corrected chi connectivity index (χ2v) is 7.23. The Morgan fingerprint density at radius 3 is 2.48 bits per heavy atom. The molecule has 0 bridgehead atoms. The predicted octanol–water partition coefficient (Wildman–Crippen LogP) is 4.72. The summed E-state index contributed by atoms with van der Waals surface area (Å²) in [5.41, 5.74) is -0.607. The highest BCUT2D eigenvalue weighted by Crippen LogP contribution is 2.28. The third-order valence-corrected chi connectivity index (χ3v) is 4.06. The van der Waals surface area contributed by atoms with E-state index in [2.05, 4.69) is 6.58 Å². The smallest absolute Gasteiger partial charge is 0.316 e. The number of ether oxygens (including phenoxy) is 1. The van der Waals surface area contributed by atoms with Gasteiger partial charge in [0.15, 0.2) is 11.5 Å². The van der Waals surface area contributed by atoms with Gasteiger partial charge in [0.1, 0.15) is 11.5 Å². The van der Waals surface area contributed by atoms with E-state index in [1.165, 1.54) is 6.92 Å². The topological polar surface area (TPSA) is 56.5 Å². The van der Waals surface area contributed by atoms with Crippen LogP contribution in [0.2, 0.25) is 0 Å². The van der Waals surface area contributed by atoms with Gasteiger partial charge < -0.3 is 9.15 Å². The van der Waals surface area contributed by atoms with Gasteiger partial charge in [0.05, 0.1) is 10.7 Å². The second kappa shape index (κ2) is 8.20. The number of rotatable bonds is 7. The Kier molecular flexibility index (Phi) is 6.88. The summed E-state index contributed by atoms with van der Waals surface area (Å²) >= 11 is 1.56. The van der Waals surface area contributed by atoms with Gasteiger partial charge >= 0.3 is 5.97 Å². The minimum atomic E-state index is -0.607. The molecule has 1 aromatic heterocycles. The second-order valence-electron chi connectivity index (χ2n) is 6.19. The Morgan fingerprint density at radius 1 is 1.39 bits per heavy atom. The van der Waals surface area contributed by atoms with Crippen LogP contribution >= 0.6 is 11.8 Å². The summed E-state index contributed by atoms with van der Waals surface area (Å²) in [5, 5.41) is -0.0512. The van der Waals surface area contributed by atoms with Gasteiger partial charge in [-0.2, -0.15) is 11.8 Å². The molecule has 1 heterocycles. The highest BCUT2D eigenvalue weighted by molar-refractivity contribution is 7.99. The third kappa shape index (κ3) is 5.75. The quantitative estimate of drug-likeness (QED) is 0.312. The molecule has 0 amide bonds. The van der Waals surface area contributed by atoms with Crippen molar-refractivity contribution in [2.24, 2.45) is 5.41 Å². The van der Waals surface area contributed by atoms with Crippen molar-refractivity contribution in [2.75, 3.05) is 6.26 Å². The van der Waals surface area contributed by atoms with Crippen molar-refractivity contribution in [2.45, 2.75) is 39.4 Å². The number of allylic oxidation sites excluding steroid dienone is 1. The number of carbonyl (C=O) groups is 2. The number of carbonyl (C=O) groups excluding carboxylic acids is 2. The number of thioether (sulfide) groups is 1. The Morgan fingerprint density at radius 2 is 2.04 bits per heavy atom. The highest BCUT2D eigenvalue weighted by Gasteiger charge is 2.27. The van der Waals surface area contributed by atoms with E-state index in [0.717, 1.165) is 0 Å². The summed E-state index contributed by atoms with van der Waals surface area (Å²) in [6.45, 7) is 10.6. The maximum atomic E-state index is 12.2. The molecule has 126 valence electrons. The lowest BCUT2D eigenvalue weighted by atomic mass is 9.97. The van der Waals surface area contributed by atoms with Crippen LogP contribution in [0.4, 0.5) is 0 Å². The summed E-state index contributed by atoms with van der Waals surface area (Å²) in [4.78, 5) is 23.5. The van der Waals surface area contributed by atoms with Crippen LogP contribution in [-0.4, -0.2) is 23.3 Å². The number of furan rings is 1. The van der Waals surface area contributed by atoms with E-state index in [1.54, 1.807) is 56.8 Å². The normalized spacial score (nSPS) is 13.5. The molecule has 1 unspecified atom stereocenters. The number of ketones is 1. The standard InChI is InChI=1S/C18H24O4S/c1-7-8-16(23-6)15(22-17(20)18(3,4)5)11-13-9-10-14(21-13)12(2)19/h7,9-11,16H,1,8H2,2-6H3/b15-11-. The van der Waals surface area contributed by atoms with E-state index in [4.69, 9.17) is 9.15 Å². The van der Waals surface area contributed by atoms with E-state index in [1.807, 2.05) is 6.26 Å². The molecule has 1 atom stereocenters. The van der Waals surface area contributed by atoms with E-state index in [-0.39, 0.29) is 22.8 Å². The Hall–Kier alpha value is -1.75. The molecule has 0 saturated heterocycles. The van der Waals surface area contributed by atoms with Crippen LogP contribution in [0.5, 0.6) is 0 Å². The largest absolute Gasteiger partial charge is 0.454 e. The van der Waals surface area contributed by atoms with Crippen molar-refractivity contribution >= 4 is 29.6 Å². The van der Waals surface area contributed by atoms with E-state index in [0.29, 0.717) is 17.9 Å². The van der Waals surface area contributed by atoms with Crippen molar-refractivity contribution < 1.29 is 18.7 Å². The number of hydrogen-bond acceptors (Lipinski definition) is 5. The lowest BCUT2D eigenvalue weighted by Crippen LogP contribution is -2.25. The molecule has 0 aliphatic heterocycles. The summed E-state index contributed by atoms with van der Waals surface area (Å²) in [7, 11) is 0. The summed E-state index contributed by atoms with van der Waals surface area (Å²) in [5.74, 6) is 0.801. The molecular weight excluding hydrogens is 312 g/mol. The van der Waals surface area contributed by atoms with Crippen molar-refractivity contribution in [3.63, 3.8) is 0 Å². The van der Waals surface area contributed by atoms with Crippen LogP contribution < -0.4 is 0 Å². The van der Waals surface area contributed by atoms with Crippen molar-refractivity contribution in [1.29, 1.82) is 0 Å². The zero-order valence-corrected chi connectivity index (χ0v) is 15.2. The molecule has 0 spiro atoms. The van der Waals surface area contributed by atoms with Crippen LogP contribution in [0.1, 0.15) is 50.4 Å². The molecule has 4 nitrogen and oxygen atoms in total. The molecule has 0 aromatic carbocycles. The van der Waals surface area contributed by atoms with Crippen LogP contribution in [-0.2, 0) is 9.53 Å². The molecule has 0 N–H and O–H groups in total. The van der Waals surface area contributed by atoms with Crippen LogP contribution in [0.25, 0.3) is 6.08 Å². The first-order valence-electron chi connectivity index (χ1n) is 7.37. The van der Waals surface area contributed by atoms with Gasteiger partial charge in [-0.3, -0.25) is 9.59 Å². The fourth-order valence-electron chi connectivity index (χ4n) is 1.69. The minimum Gasteiger partial charge on any atom is -0.454 e. The Bertz CT molecular complexity index is 605. The average molecular weight is 336 g/mol. The lowest BCUT2D eigenvalue weighted by Gasteiger charge is -2.21. The predicted molar refractivity (Wildman–Crippen MR) is 94.4 cm³/mol. The lowest BCUT2D eigenvalue weighted by molar-refractivity contribution is -0.148. The molecule has 23 heavy (non-hydrogen) atoms. The SMILES string of the molecule is C=CCC(SC)/C(=C/c1ccc(C(C)=O)o1)OC(=O)C(C)(C)C. The fraction of sp³-hybridized carbons (Fsp3) is 0.444. The molecule has 0 aliphatic carbocycles. The van der Waals surface area contributed by atoms with Gasteiger partial charge in [-0.1, -0.05) is 6.08 Å². The summed E-state index contributed by atoms with van der Waals surface area (Å²) in [6.07, 6.45) is 6.05. The van der Waals surface area contributed by atoms with E-state index in [9.17, 15) is 9.59 Å². The maximum Gasteiger partial charge on any atom is 0.316 e. The first-order chi connectivity index (χ1) is 10.7. The zero-order valence-electron chi connectivity index (χ0n) is 14.3. The first kappa shape index (κ1) is 19.3. The third-order valence-electron chi connectivity index (χ3n) is 3.06. The molecule has 0 aliphatic rings. The Balaban J connectivity index is 3.15. The van der Waals surface area contributed by atoms with Gasteiger partial charge in [0.2, 0.25) is 0 Å². The number of esters is 1. The van der Waals surface area contributed by atoms with Crippen molar-refractivity contribution in [3.8, 4) is 0 Å². The van der Waals surface area contributed by atoms with E-state index < -0.39 is 5.41 Å². The summed E-state index contributed by atoms with van der Waals surface area (Å²) < 4.78 is 11.1. The van der Waals surface area contributed by atoms with Gasteiger partial charge in [0, 0.05) is 13.0 Å². The van der Waals surface area contributed by atoms with Crippen molar-refractivity contribution in [1.82, 2.24) is 0 Å².